The highest BCUT2D eigenvalue weighted by molar-refractivity contribution is 8.00. The van der Waals surface area contributed by atoms with Crippen LogP contribution in [-0.2, 0) is 11.3 Å². The van der Waals surface area contributed by atoms with Crippen LogP contribution in [0.2, 0.25) is 0 Å². The molecule has 0 bridgehead atoms. The molecule has 140 valence electrons. The van der Waals surface area contributed by atoms with E-state index in [2.05, 4.69) is 20.8 Å². The van der Waals surface area contributed by atoms with Gasteiger partial charge in [0.2, 0.25) is 11.1 Å². The number of tetrazole rings is 1. The fourth-order valence-corrected chi connectivity index (χ4v) is 3.31. The third-order valence-electron chi connectivity index (χ3n) is 4.05. The van der Waals surface area contributed by atoms with Gasteiger partial charge in [-0.3, -0.25) is 4.79 Å². The SMILES string of the molecule is CC(Sc1nnnn1Cc1ccccc1)C(=O)NC(C)c1ccc(F)cc1. The minimum Gasteiger partial charge on any atom is -0.349 e. The van der Waals surface area contributed by atoms with Crippen molar-refractivity contribution in [2.75, 3.05) is 0 Å². The summed E-state index contributed by atoms with van der Waals surface area (Å²) in [6.45, 7) is 4.21. The molecule has 3 aromatic rings. The number of nitrogens with zero attached hydrogens (tertiary/aromatic N) is 4. The summed E-state index contributed by atoms with van der Waals surface area (Å²) in [5.74, 6) is -0.433. The first-order valence-electron chi connectivity index (χ1n) is 8.55. The zero-order valence-corrected chi connectivity index (χ0v) is 15.9. The van der Waals surface area contributed by atoms with Crippen molar-refractivity contribution in [3.8, 4) is 0 Å². The summed E-state index contributed by atoms with van der Waals surface area (Å²) in [6.07, 6.45) is 0. The smallest absolute Gasteiger partial charge is 0.233 e. The summed E-state index contributed by atoms with van der Waals surface area (Å²) in [4.78, 5) is 12.5. The molecule has 2 aromatic carbocycles. The zero-order chi connectivity index (χ0) is 19.2. The molecule has 2 atom stereocenters. The highest BCUT2D eigenvalue weighted by Crippen LogP contribution is 2.22. The average molecular weight is 385 g/mol. The van der Waals surface area contributed by atoms with E-state index in [4.69, 9.17) is 0 Å². The zero-order valence-electron chi connectivity index (χ0n) is 15.0. The first kappa shape index (κ1) is 19.0. The molecule has 6 nitrogen and oxygen atoms in total. The van der Waals surface area contributed by atoms with E-state index in [1.165, 1.54) is 23.9 Å². The minimum absolute atomic E-state index is 0.133. The first-order chi connectivity index (χ1) is 13.0. The molecule has 0 fully saturated rings. The van der Waals surface area contributed by atoms with Crippen molar-refractivity contribution in [2.45, 2.75) is 36.8 Å². The van der Waals surface area contributed by atoms with E-state index in [9.17, 15) is 9.18 Å². The molecule has 0 radical (unpaired) electrons. The quantitative estimate of drug-likeness (QED) is 0.632. The minimum atomic E-state index is -0.381. The van der Waals surface area contributed by atoms with Gasteiger partial charge in [-0.25, -0.2) is 9.07 Å². The number of halogens is 1. The van der Waals surface area contributed by atoms with Gasteiger partial charge >= 0.3 is 0 Å². The molecular formula is C19H20FN5OS. The van der Waals surface area contributed by atoms with Crippen LogP contribution < -0.4 is 5.32 Å². The number of amides is 1. The number of aromatic nitrogens is 4. The third kappa shape index (κ3) is 5.13. The summed E-state index contributed by atoms with van der Waals surface area (Å²) in [6, 6.07) is 15.7. The Balaban J connectivity index is 1.60. The lowest BCUT2D eigenvalue weighted by atomic mass is 10.1. The Hall–Kier alpha value is -2.74. The van der Waals surface area contributed by atoms with Crippen LogP contribution in [-0.4, -0.2) is 31.4 Å². The monoisotopic (exact) mass is 385 g/mol. The molecule has 1 aromatic heterocycles. The van der Waals surface area contributed by atoms with Crippen LogP contribution in [0.25, 0.3) is 0 Å². The van der Waals surface area contributed by atoms with Gasteiger partial charge in [0.15, 0.2) is 0 Å². The normalized spacial score (nSPS) is 13.1. The van der Waals surface area contributed by atoms with Crippen LogP contribution in [0.3, 0.4) is 0 Å². The van der Waals surface area contributed by atoms with Crippen LogP contribution in [0.1, 0.15) is 31.0 Å². The molecule has 0 aliphatic rings. The largest absolute Gasteiger partial charge is 0.349 e. The highest BCUT2D eigenvalue weighted by atomic mass is 32.2. The summed E-state index contributed by atoms with van der Waals surface area (Å²) < 4.78 is 14.7. The molecule has 3 rings (SSSR count). The number of hydrogen-bond acceptors (Lipinski definition) is 5. The molecular weight excluding hydrogens is 365 g/mol. The van der Waals surface area contributed by atoms with Crippen LogP contribution in [0.15, 0.2) is 59.8 Å². The molecule has 0 saturated heterocycles. The van der Waals surface area contributed by atoms with E-state index in [0.29, 0.717) is 11.7 Å². The third-order valence-corrected chi connectivity index (χ3v) is 5.13. The lowest BCUT2D eigenvalue weighted by Gasteiger charge is -2.17. The molecule has 0 saturated carbocycles. The molecule has 0 aliphatic heterocycles. The van der Waals surface area contributed by atoms with Gasteiger partial charge in [-0.05, 0) is 47.5 Å². The molecule has 27 heavy (non-hydrogen) atoms. The summed E-state index contributed by atoms with van der Waals surface area (Å²) >= 11 is 1.30. The fourth-order valence-electron chi connectivity index (χ4n) is 2.51. The summed E-state index contributed by atoms with van der Waals surface area (Å²) in [7, 11) is 0. The Labute approximate surface area is 161 Å². The predicted molar refractivity (Wildman–Crippen MR) is 102 cm³/mol. The molecule has 1 N–H and O–H groups in total. The molecule has 0 aliphatic carbocycles. The Morgan fingerprint density at radius 1 is 1.15 bits per heavy atom. The van der Waals surface area contributed by atoms with Crippen molar-refractivity contribution in [2.24, 2.45) is 0 Å². The van der Waals surface area contributed by atoms with Crippen LogP contribution in [0.4, 0.5) is 4.39 Å². The Kier molecular flexibility index (Phi) is 6.18. The van der Waals surface area contributed by atoms with Crippen molar-refractivity contribution in [1.82, 2.24) is 25.5 Å². The lowest BCUT2D eigenvalue weighted by molar-refractivity contribution is -0.120. The number of nitrogens with one attached hydrogen (secondary N) is 1. The van der Waals surface area contributed by atoms with E-state index < -0.39 is 0 Å². The molecule has 0 spiro atoms. The number of carbonyl (C=O) groups is 1. The van der Waals surface area contributed by atoms with Gasteiger partial charge in [-0.15, -0.1) is 5.10 Å². The molecule has 2 unspecified atom stereocenters. The highest BCUT2D eigenvalue weighted by Gasteiger charge is 2.20. The summed E-state index contributed by atoms with van der Waals surface area (Å²) in [5, 5.41) is 14.9. The molecule has 8 heteroatoms. The average Bonchev–Trinajstić information content (AvgIpc) is 3.09. The second-order valence-electron chi connectivity index (χ2n) is 6.15. The van der Waals surface area contributed by atoms with E-state index in [1.54, 1.807) is 23.7 Å². The standard InChI is InChI=1S/C19H20FN5OS/c1-13(16-8-10-17(20)11-9-16)21-18(26)14(2)27-19-22-23-24-25(19)12-15-6-4-3-5-7-15/h3-11,13-14H,12H2,1-2H3,(H,21,26). The number of benzene rings is 2. The van der Waals surface area contributed by atoms with Crippen LogP contribution >= 0.6 is 11.8 Å². The fraction of sp³-hybridized carbons (Fsp3) is 0.263. The second kappa shape index (κ2) is 8.77. The molecule has 1 heterocycles. The van der Waals surface area contributed by atoms with Gasteiger partial charge < -0.3 is 5.32 Å². The maximum absolute atomic E-state index is 13.0. The van der Waals surface area contributed by atoms with Crippen molar-refractivity contribution in [3.63, 3.8) is 0 Å². The Morgan fingerprint density at radius 3 is 2.56 bits per heavy atom. The second-order valence-corrected chi connectivity index (χ2v) is 7.45. The van der Waals surface area contributed by atoms with E-state index in [-0.39, 0.29) is 23.0 Å². The van der Waals surface area contributed by atoms with Gasteiger partial charge in [0.25, 0.3) is 0 Å². The van der Waals surface area contributed by atoms with Gasteiger partial charge in [0.1, 0.15) is 5.82 Å². The van der Waals surface area contributed by atoms with Gasteiger partial charge in [0, 0.05) is 0 Å². The van der Waals surface area contributed by atoms with E-state index in [1.807, 2.05) is 37.3 Å². The van der Waals surface area contributed by atoms with Crippen LogP contribution in [0.5, 0.6) is 0 Å². The van der Waals surface area contributed by atoms with Gasteiger partial charge in [-0.2, -0.15) is 0 Å². The Bertz CT molecular complexity index is 885. The summed E-state index contributed by atoms with van der Waals surface area (Å²) in [5.41, 5.74) is 1.92. The lowest BCUT2D eigenvalue weighted by Crippen LogP contribution is -2.33. The predicted octanol–water partition coefficient (Wildman–Crippen LogP) is 3.22. The number of thioether (sulfide) groups is 1. The number of rotatable bonds is 7. The maximum atomic E-state index is 13.0. The topological polar surface area (TPSA) is 72.7 Å². The Morgan fingerprint density at radius 2 is 1.85 bits per heavy atom. The van der Waals surface area contributed by atoms with Crippen LogP contribution in [0, 0.1) is 5.82 Å². The van der Waals surface area contributed by atoms with Crippen molar-refractivity contribution < 1.29 is 9.18 Å². The van der Waals surface area contributed by atoms with Crippen molar-refractivity contribution >= 4 is 17.7 Å². The van der Waals surface area contributed by atoms with E-state index >= 15 is 0 Å². The first-order valence-corrected chi connectivity index (χ1v) is 9.43. The van der Waals surface area contributed by atoms with Crippen molar-refractivity contribution in [1.29, 1.82) is 0 Å². The number of carbonyl (C=O) groups excluding carboxylic acids is 1. The maximum Gasteiger partial charge on any atom is 0.233 e. The van der Waals surface area contributed by atoms with Gasteiger partial charge in [-0.1, -0.05) is 54.2 Å². The van der Waals surface area contributed by atoms with Gasteiger partial charge in [0.05, 0.1) is 17.8 Å². The van der Waals surface area contributed by atoms with E-state index in [0.717, 1.165) is 11.1 Å². The number of hydrogen-bond donors (Lipinski definition) is 1. The van der Waals surface area contributed by atoms with Crippen molar-refractivity contribution in [3.05, 3.63) is 71.5 Å². The molecule has 1 amide bonds.